The molecule has 5 nitrogen and oxygen atoms in total. The summed E-state index contributed by atoms with van der Waals surface area (Å²) in [6.45, 7) is 0.609. The van der Waals surface area contributed by atoms with Crippen LogP contribution in [0.5, 0.6) is 0 Å². The van der Waals surface area contributed by atoms with Crippen LogP contribution in [0.25, 0.3) is 0 Å². The van der Waals surface area contributed by atoms with E-state index in [1.54, 1.807) is 0 Å². The molecule has 152 valence electrons. The van der Waals surface area contributed by atoms with Crippen LogP contribution >= 0.6 is 11.8 Å². The first-order chi connectivity index (χ1) is 13.1. The molecule has 1 atom stereocenters. The number of amides is 1. The van der Waals surface area contributed by atoms with Gasteiger partial charge < -0.3 is 9.67 Å². The van der Waals surface area contributed by atoms with E-state index >= 15 is 0 Å². The number of nitrogens with zero attached hydrogens (tertiary/aromatic N) is 3. The highest BCUT2D eigenvalue weighted by Crippen LogP contribution is 2.35. The monoisotopic (exact) mass is 421 g/mol. The Hall–Kier alpha value is -2.30. The Balaban J connectivity index is 1.88. The SMILES string of the molecule is CSc1ncc2n1CCN(C(=O)O)C2CCc1ccc(C(F)(F)F)c(F)c1F. The third kappa shape index (κ3) is 3.67. The number of aryl methyl sites for hydroxylation is 1. The first-order valence-corrected chi connectivity index (χ1v) is 9.50. The Morgan fingerprint density at radius 3 is 2.61 bits per heavy atom. The topological polar surface area (TPSA) is 58.4 Å². The Labute approximate surface area is 161 Å². The molecule has 0 radical (unpaired) electrons. The molecule has 28 heavy (non-hydrogen) atoms. The largest absolute Gasteiger partial charge is 0.465 e. The van der Waals surface area contributed by atoms with Crippen molar-refractivity contribution in [2.75, 3.05) is 12.8 Å². The molecule has 0 spiro atoms. The number of alkyl halides is 3. The molecular weight excluding hydrogens is 405 g/mol. The van der Waals surface area contributed by atoms with Crippen LogP contribution in [0.15, 0.2) is 23.5 Å². The van der Waals surface area contributed by atoms with E-state index in [0.29, 0.717) is 23.5 Å². The van der Waals surface area contributed by atoms with E-state index in [1.165, 1.54) is 22.9 Å². The zero-order chi connectivity index (χ0) is 20.6. The predicted octanol–water partition coefficient (Wildman–Crippen LogP) is 4.57. The number of hydrogen-bond donors (Lipinski definition) is 1. The molecule has 1 amide bonds. The van der Waals surface area contributed by atoms with Gasteiger partial charge in [-0.15, -0.1) is 0 Å². The van der Waals surface area contributed by atoms with Crippen LogP contribution in [-0.2, 0) is 19.1 Å². The van der Waals surface area contributed by atoms with E-state index in [4.69, 9.17) is 0 Å². The quantitative estimate of drug-likeness (QED) is 0.581. The van der Waals surface area contributed by atoms with Gasteiger partial charge in [0.1, 0.15) is 0 Å². The van der Waals surface area contributed by atoms with Crippen LogP contribution in [0.1, 0.15) is 29.3 Å². The van der Waals surface area contributed by atoms with Gasteiger partial charge in [-0.1, -0.05) is 17.8 Å². The smallest absolute Gasteiger partial charge is 0.419 e. The van der Waals surface area contributed by atoms with Crippen LogP contribution in [0.2, 0.25) is 0 Å². The number of aromatic nitrogens is 2. The summed E-state index contributed by atoms with van der Waals surface area (Å²) in [5.74, 6) is -3.51. The fourth-order valence-corrected chi connectivity index (χ4v) is 3.95. The predicted molar refractivity (Wildman–Crippen MR) is 91.2 cm³/mol. The molecule has 0 saturated carbocycles. The van der Waals surface area contributed by atoms with Crippen LogP contribution in [0.4, 0.5) is 26.7 Å². The number of rotatable bonds is 4. The third-order valence-electron chi connectivity index (χ3n) is 4.72. The van der Waals surface area contributed by atoms with Crippen molar-refractivity contribution in [2.24, 2.45) is 0 Å². The van der Waals surface area contributed by atoms with Gasteiger partial charge in [0.05, 0.1) is 23.5 Å². The Kier molecular flexibility index (Phi) is 5.55. The second-order valence-corrected chi connectivity index (χ2v) is 7.02. The molecule has 0 fully saturated rings. The van der Waals surface area contributed by atoms with E-state index in [1.807, 2.05) is 10.8 Å². The summed E-state index contributed by atoms with van der Waals surface area (Å²) < 4.78 is 67.9. The molecule has 1 aliphatic rings. The second kappa shape index (κ2) is 7.61. The fourth-order valence-electron chi connectivity index (χ4n) is 3.37. The first-order valence-electron chi connectivity index (χ1n) is 8.28. The van der Waals surface area contributed by atoms with Crippen LogP contribution in [0.3, 0.4) is 0 Å². The highest BCUT2D eigenvalue weighted by molar-refractivity contribution is 7.98. The normalized spacial score (nSPS) is 16.9. The van der Waals surface area contributed by atoms with Crippen molar-refractivity contribution in [2.45, 2.75) is 36.8 Å². The van der Waals surface area contributed by atoms with Gasteiger partial charge in [0.2, 0.25) is 0 Å². The number of carbonyl (C=O) groups is 1. The van der Waals surface area contributed by atoms with Crippen molar-refractivity contribution >= 4 is 17.9 Å². The molecule has 0 aliphatic carbocycles. The summed E-state index contributed by atoms with van der Waals surface area (Å²) in [7, 11) is 0. The fraction of sp³-hybridized carbons (Fsp3) is 0.412. The summed E-state index contributed by atoms with van der Waals surface area (Å²) in [6.07, 6.45) is -2.85. The van der Waals surface area contributed by atoms with Crippen molar-refractivity contribution in [3.63, 3.8) is 0 Å². The minimum Gasteiger partial charge on any atom is -0.465 e. The van der Waals surface area contributed by atoms with Gasteiger partial charge >= 0.3 is 12.3 Å². The average Bonchev–Trinajstić information content (AvgIpc) is 3.04. The summed E-state index contributed by atoms with van der Waals surface area (Å²) in [4.78, 5) is 17.0. The van der Waals surface area contributed by atoms with Crippen molar-refractivity contribution in [3.8, 4) is 0 Å². The van der Waals surface area contributed by atoms with E-state index in [0.717, 1.165) is 6.07 Å². The van der Waals surface area contributed by atoms with Crippen molar-refractivity contribution in [1.29, 1.82) is 0 Å². The van der Waals surface area contributed by atoms with E-state index < -0.39 is 35.5 Å². The zero-order valence-electron chi connectivity index (χ0n) is 14.6. The lowest BCUT2D eigenvalue weighted by molar-refractivity contribution is -0.140. The number of halogens is 5. The van der Waals surface area contributed by atoms with Gasteiger partial charge in [0, 0.05) is 13.1 Å². The minimum atomic E-state index is -4.99. The minimum absolute atomic E-state index is 0.0769. The van der Waals surface area contributed by atoms with E-state index in [2.05, 4.69) is 4.98 Å². The lowest BCUT2D eigenvalue weighted by Gasteiger charge is -2.35. The van der Waals surface area contributed by atoms with Gasteiger partial charge in [-0.05, 0) is 30.7 Å². The summed E-state index contributed by atoms with van der Waals surface area (Å²) >= 11 is 1.39. The molecule has 1 aromatic carbocycles. The van der Waals surface area contributed by atoms with Gasteiger partial charge in [-0.25, -0.2) is 18.6 Å². The summed E-state index contributed by atoms with van der Waals surface area (Å²) in [6, 6.07) is 0.726. The standard InChI is InChI=1S/C17H16F5N3O2S/c1-28-15-23-8-12-11(25(16(26)27)7-6-24(12)15)5-3-9-2-4-10(17(20,21)22)14(19)13(9)18/h2,4,8,11H,3,5-7H2,1H3,(H,26,27). The maximum absolute atomic E-state index is 14.1. The summed E-state index contributed by atoms with van der Waals surface area (Å²) in [5, 5.41) is 10.2. The van der Waals surface area contributed by atoms with Gasteiger partial charge in [-0.2, -0.15) is 13.2 Å². The second-order valence-electron chi connectivity index (χ2n) is 6.25. The highest BCUT2D eigenvalue weighted by atomic mass is 32.2. The van der Waals surface area contributed by atoms with Crippen LogP contribution in [0, 0.1) is 11.6 Å². The molecule has 0 bridgehead atoms. The van der Waals surface area contributed by atoms with Crippen LogP contribution in [-0.4, -0.2) is 38.5 Å². The van der Waals surface area contributed by atoms with Crippen molar-refractivity contribution in [3.05, 3.63) is 46.8 Å². The lowest BCUT2D eigenvalue weighted by Crippen LogP contribution is -2.41. The van der Waals surface area contributed by atoms with E-state index in [-0.39, 0.29) is 24.9 Å². The Bertz CT molecular complexity index is 900. The highest BCUT2D eigenvalue weighted by Gasteiger charge is 2.36. The average molecular weight is 421 g/mol. The van der Waals surface area contributed by atoms with Crippen LogP contribution < -0.4 is 0 Å². The van der Waals surface area contributed by atoms with Crippen molar-refractivity contribution in [1.82, 2.24) is 14.5 Å². The maximum atomic E-state index is 14.1. The molecular formula is C17H16F5N3O2S. The van der Waals surface area contributed by atoms with E-state index in [9.17, 15) is 31.9 Å². The summed E-state index contributed by atoms with van der Waals surface area (Å²) in [5.41, 5.74) is -1.29. The molecule has 2 heterocycles. The third-order valence-corrected chi connectivity index (χ3v) is 5.41. The zero-order valence-corrected chi connectivity index (χ0v) is 15.4. The molecule has 2 aromatic rings. The lowest BCUT2D eigenvalue weighted by atomic mass is 9.99. The number of benzene rings is 1. The molecule has 1 aromatic heterocycles. The number of hydrogen-bond acceptors (Lipinski definition) is 3. The van der Waals surface area contributed by atoms with Gasteiger partial charge in [0.25, 0.3) is 0 Å². The number of carboxylic acid groups (broad SMARTS) is 1. The molecule has 1 N–H and O–H groups in total. The molecule has 3 rings (SSSR count). The maximum Gasteiger partial charge on any atom is 0.419 e. The Morgan fingerprint density at radius 1 is 1.29 bits per heavy atom. The molecule has 1 aliphatic heterocycles. The van der Waals surface area contributed by atoms with Gasteiger partial charge in [0.15, 0.2) is 16.8 Å². The first kappa shape index (κ1) is 20.4. The molecule has 11 heteroatoms. The van der Waals surface area contributed by atoms with Gasteiger partial charge in [-0.3, -0.25) is 4.90 Å². The number of imidazole rings is 1. The van der Waals surface area contributed by atoms with Crippen molar-refractivity contribution < 1.29 is 31.9 Å². The molecule has 0 saturated heterocycles. The Morgan fingerprint density at radius 2 is 2.00 bits per heavy atom. The number of fused-ring (bicyclic) bond motifs is 1. The number of thioether (sulfide) groups is 1. The molecule has 1 unspecified atom stereocenters.